The quantitative estimate of drug-likeness (QED) is 0.571. The first-order valence-corrected chi connectivity index (χ1v) is 8.68. The predicted octanol–water partition coefficient (Wildman–Crippen LogP) is 4.89. The maximum atomic E-state index is 12.7. The van der Waals surface area contributed by atoms with Crippen molar-refractivity contribution in [1.29, 1.82) is 0 Å². The van der Waals surface area contributed by atoms with Gasteiger partial charge in [-0.15, -0.1) is 0 Å². The molecule has 0 unspecified atom stereocenters. The molecular formula is C23H23NO2. The first kappa shape index (κ1) is 17.9. The van der Waals surface area contributed by atoms with E-state index in [-0.39, 0.29) is 5.78 Å². The normalized spacial score (nSPS) is 11.2. The number of aryl methyl sites for hydroxylation is 1. The van der Waals surface area contributed by atoms with E-state index in [0.717, 1.165) is 16.7 Å². The molecule has 0 N–H and O–H groups in total. The number of carbonyl (C=O) groups is 1. The summed E-state index contributed by atoms with van der Waals surface area (Å²) in [7, 11) is 1.70. The van der Waals surface area contributed by atoms with Crippen LogP contribution in [0.25, 0.3) is 6.08 Å². The molecule has 3 rings (SSSR count). The number of rotatable bonds is 7. The van der Waals surface area contributed by atoms with Gasteiger partial charge in [-0.25, -0.2) is 0 Å². The molecule has 0 fully saturated rings. The molecule has 132 valence electrons. The minimum atomic E-state index is 0.0468. The van der Waals surface area contributed by atoms with Crippen LogP contribution in [0.2, 0.25) is 0 Å². The van der Waals surface area contributed by atoms with Crippen LogP contribution in [0.3, 0.4) is 0 Å². The number of methoxy groups -OCH3 is 1. The number of benzene rings is 2. The molecule has 0 saturated carbocycles. The van der Waals surface area contributed by atoms with Crippen LogP contribution in [-0.4, -0.2) is 17.5 Å². The summed E-state index contributed by atoms with van der Waals surface area (Å²) < 4.78 is 7.14. The smallest absolute Gasteiger partial charge is 0.209 e. The molecule has 2 aromatic carbocycles. The summed E-state index contributed by atoms with van der Waals surface area (Å²) in [6, 6.07) is 19.7. The Hall–Kier alpha value is -2.91. The van der Waals surface area contributed by atoms with Crippen molar-refractivity contribution in [3.8, 4) is 0 Å². The van der Waals surface area contributed by atoms with E-state index in [1.54, 1.807) is 7.11 Å². The van der Waals surface area contributed by atoms with Gasteiger partial charge in [0.2, 0.25) is 5.78 Å². The van der Waals surface area contributed by atoms with Crippen LogP contribution in [0.4, 0.5) is 0 Å². The zero-order valence-electron chi connectivity index (χ0n) is 15.2. The highest BCUT2D eigenvalue weighted by Gasteiger charge is 2.12. The highest BCUT2D eigenvalue weighted by atomic mass is 16.5. The Morgan fingerprint density at radius 2 is 1.88 bits per heavy atom. The van der Waals surface area contributed by atoms with Crippen LogP contribution >= 0.6 is 0 Å². The maximum absolute atomic E-state index is 12.7. The van der Waals surface area contributed by atoms with Gasteiger partial charge in [-0.1, -0.05) is 60.2 Å². The van der Waals surface area contributed by atoms with E-state index < -0.39 is 0 Å². The van der Waals surface area contributed by atoms with Crippen molar-refractivity contribution in [2.75, 3.05) is 7.11 Å². The highest BCUT2D eigenvalue weighted by molar-refractivity contribution is 6.08. The predicted molar refractivity (Wildman–Crippen MR) is 105 cm³/mol. The number of nitrogens with zero attached hydrogens (tertiary/aromatic N) is 1. The van der Waals surface area contributed by atoms with Crippen LogP contribution in [0.5, 0.6) is 0 Å². The van der Waals surface area contributed by atoms with Crippen molar-refractivity contribution in [3.05, 3.63) is 101 Å². The van der Waals surface area contributed by atoms with E-state index >= 15 is 0 Å². The second-order valence-electron chi connectivity index (χ2n) is 6.32. The zero-order chi connectivity index (χ0) is 18.4. The third-order valence-electron chi connectivity index (χ3n) is 4.25. The first-order valence-electron chi connectivity index (χ1n) is 8.68. The number of ketones is 1. The molecule has 3 nitrogen and oxygen atoms in total. The summed E-state index contributed by atoms with van der Waals surface area (Å²) in [5.74, 6) is 0.0468. The number of hydrogen-bond acceptors (Lipinski definition) is 2. The number of allylic oxidation sites excluding steroid dienone is 1. The first-order chi connectivity index (χ1) is 12.7. The highest BCUT2D eigenvalue weighted by Crippen LogP contribution is 2.13. The second kappa shape index (κ2) is 8.45. The molecule has 0 bridgehead atoms. The topological polar surface area (TPSA) is 31.2 Å². The van der Waals surface area contributed by atoms with Crippen LogP contribution in [0, 0.1) is 6.92 Å². The van der Waals surface area contributed by atoms with E-state index in [4.69, 9.17) is 4.74 Å². The number of ether oxygens (including phenoxy) is 1. The lowest BCUT2D eigenvalue weighted by molar-refractivity contribution is 0.103. The fraction of sp³-hybridized carbons (Fsp3) is 0.174. The molecule has 0 atom stereocenters. The average molecular weight is 345 g/mol. The molecular weight excluding hydrogens is 322 g/mol. The van der Waals surface area contributed by atoms with Crippen LogP contribution in [0.15, 0.2) is 72.9 Å². The molecule has 0 saturated heterocycles. The standard InChI is InChI=1S/C23H23NO2/c1-18-10-12-21(13-11-18)23(25)22-9-5-15-24(22)14-4-8-19-6-3-7-20(16-19)17-26-2/h3-13,15-16H,14,17H2,1-2H3. The third kappa shape index (κ3) is 4.38. The van der Waals surface area contributed by atoms with E-state index in [1.807, 2.05) is 66.2 Å². The molecule has 0 aliphatic carbocycles. The van der Waals surface area contributed by atoms with Gasteiger partial charge in [0.25, 0.3) is 0 Å². The molecule has 1 aromatic heterocycles. The lowest BCUT2D eigenvalue weighted by Gasteiger charge is -2.07. The second-order valence-corrected chi connectivity index (χ2v) is 6.32. The minimum Gasteiger partial charge on any atom is -0.380 e. The molecule has 0 radical (unpaired) electrons. The van der Waals surface area contributed by atoms with Crippen LogP contribution in [0.1, 0.15) is 32.7 Å². The summed E-state index contributed by atoms with van der Waals surface area (Å²) in [6.45, 7) is 3.27. The summed E-state index contributed by atoms with van der Waals surface area (Å²) in [5, 5.41) is 0. The summed E-state index contributed by atoms with van der Waals surface area (Å²) in [6.07, 6.45) is 6.07. The number of hydrogen-bond donors (Lipinski definition) is 0. The van der Waals surface area contributed by atoms with E-state index in [0.29, 0.717) is 24.4 Å². The van der Waals surface area contributed by atoms with Crippen molar-refractivity contribution in [3.63, 3.8) is 0 Å². The van der Waals surface area contributed by atoms with Crippen molar-refractivity contribution in [2.24, 2.45) is 0 Å². The van der Waals surface area contributed by atoms with Crippen LogP contribution in [-0.2, 0) is 17.9 Å². The zero-order valence-corrected chi connectivity index (χ0v) is 15.2. The molecule has 0 spiro atoms. The van der Waals surface area contributed by atoms with Crippen molar-refractivity contribution in [2.45, 2.75) is 20.1 Å². The Morgan fingerprint density at radius 1 is 1.08 bits per heavy atom. The Kier molecular flexibility index (Phi) is 5.82. The maximum Gasteiger partial charge on any atom is 0.209 e. The Balaban J connectivity index is 1.72. The van der Waals surface area contributed by atoms with Crippen molar-refractivity contribution in [1.82, 2.24) is 4.57 Å². The van der Waals surface area contributed by atoms with Gasteiger partial charge in [0.1, 0.15) is 0 Å². The minimum absolute atomic E-state index is 0.0468. The molecule has 1 heterocycles. The van der Waals surface area contributed by atoms with Gasteiger partial charge in [-0.05, 0) is 36.2 Å². The average Bonchev–Trinajstić information content (AvgIpc) is 3.11. The third-order valence-corrected chi connectivity index (χ3v) is 4.25. The molecule has 0 aliphatic heterocycles. The van der Waals surface area contributed by atoms with Gasteiger partial charge in [-0.3, -0.25) is 4.79 Å². The molecule has 3 heteroatoms. The molecule has 26 heavy (non-hydrogen) atoms. The van der Waals surface area contributed by atoms with Gasteiger partial charge in [0.15, 0.2) is 0 Å². The van der Waals surface area contributed by atoms with Gasteiger partial charge in [0, 0.05) is 25.4 Å². The summed E-state index contributed by atoms with van der Waals surface area (Å²) in [4.78, 5) is 12.7. The SMILES string of the molecule is COCc1cccc(C=CCn2cccc2C(=O)c2ccc(C)cc2)c1. The monoisotopic (exact) mass is 345 g/mol. The Labute approximate surface area is 154 Å². The largest absolute Gasteiger partial charge is 0.380 e. The number of carbonyl (C=O) groups excluding carboxylic acids is 1. The van der Waals surface area contributed by atoms with Gasteiger partial charge >= 0.3 is 0 Å². The molecule has 0 aliphatic rings. The molecule has 3 aromatic rings. The lowest BCUT2D eigenvalue weighted by atomic mass is 10.1. The Morgan fingerprint density at radius 3 is 2.65 bits per heavy atom. The van der Waals surface area contributed by atoms with Crippen molar-refractivity contribution >= 4 is 11.9 Å². The number of aromatic nitrogens is 1. The summed E-state index contributed by atoms with van der Waals surface area (Å²) >= 11 is 0. The van der Waals surface area contributed by atoms with Gasteiger partial charge in [0.05, 0.1) is 12.3 Å². The Bertz CT molecular complexity index is 904. The lowest BCUT2D eigenvalue weighted by Crippen LogP contribution is -2.09. The fourth-order valence-corrected chi connectivity index (χ4v) is 2.89. The summed E-state index contributed by atoms with van der Waals surface area (Å²) in [5.41, 5.74) is 4.83. The van der Waals surface area contributed by atoms with Crippen LogP contribution < -0.4 is 0 Å². The van der Waals surface area contributed by atoms with E-state index in [1.165, 1.54) is 0 Å². The van der Waals surface area contributed by atoms with Gasteiger partial charge in [-0.2, -0.15) is 0 Å². The fourth-order valence-electron chi connectivity index (χ4n) is 2.89. The van der Waals surface area contributed by atoms with E-state index in [2.05, 4.69) is 24.3 Å². The molecule has 0 amide bonds. The van der Waals surface area contributed by atoms with Crippen molar-refractivity contribution < 1.29 is 9.53 Å². The van der Waals surface area contributed by atoms with E-state index in [9.17, 15) is 4.79 Å². The van der Waals surface area contributed by atoms with Gasteiger partial charge < -0.3 is 9.30 Å².